The highest BCUT2D eigenvalue weighted by Gasteiger charge is 2.08. The average Bonchev–Trinajstić information content (AvgIpc) is 2.62. The summed E-state index contributed by atoms with van der Waals surface area (Å²) in [5, 5.41) is 3.35. The zero-order chi connectivity index (χ0) is 17.8. The van der Waals surface area contributed by atoms with Crippen molar-refractivity contribution in [3.63, 3.8) is 0 Å². The lowest BCUT2D eigenvalue weighted by molar-refractivity contribution is 0.418. The molecule has 134 valence electrons. The van der Waals surface area contributed by atoms with Crippen LogP contribution in [-0.2, 0) is 0 Å². The number of allylic oxidation sites excluding steroid dienone is 5. The SMILES string of the molecule is C/C=C/C=C/N(CCCC)C1=CCNCC1.C/C=C\CC.CC. The van der Waals surface area contributed by atoms with E-state index >= 15 is 0 Å². The van der Waals surface area contributed by atoms with E-state index in [1.807, 2.05) is 27.7 Å². The monoisotopic (exact) mass is 320 g/mol. The van der Waals surface area contributed by atoms with Crippen LogP contribution >= 0.6 is 0 Å². The van der Waals surface area contributed by atoms with E-state index in [1.165, 1.54) is 18.5 Å². The maximum Gasteiger partial charge on any atom is 0.0222 e. The molecule has 0 atom stereocenters. The molecule has 0 saturated heterocycles. The van der Waals surface area contributed by atoms with Gasteiger partial charge in [-0.2, -0.15) is 0 Å². The van der Waals surface area contributed by atoms with Gasteiger partial charge < -0.3 is 10.2 Å². The molecular weight excluding hydrogens is 280 g/mol. The van der Waals surface area contributed by atoms with E-state index in [2.05, 4.69) is 66.7 Å². The van der Waals surface area contributed by atoms with E-state index < -0.39 is 0 Å². The Kier molecular flexibility index (Phi) is 21.6. The minimum atomic E-state index is 1.01. The summed E-state index contributed by atoms with van der Waals surface area (Å²) in [5.74, 6) is 0. The van der Waals surface area contributed by atoms with Gasteiger partial charge in [0, 0.05) is 31.5 Å². The predicted molar refractivity (Wildman–Crippen MR) is 108 cm³/mol. The summed E-state index contributed by atoms with van der Waals surface area (Å²) >= 11 is 0. The number of rotatable bonds is 7. The minimum absolute atomic E-state index is 1.01. The van der Waals surface area contributed by atoms with Gasteiger partial charge in [-0.15, -0.1) is 0 Å². The Labute approximate surface area is 146 Å². The summed E-state index contributed by atoms with van der Waals surface area (Å²) in [5.41, 5.74) is 1.47. The van der Waals surface area contributed by atoms with Gasteiger partial charge in [0.15, 0.2) is 0 Å². The van der Waals surface area contributed by atoms with Crippen LogP contribution in [0.25, 0.3) is 0 Å². The van der Waals surface area contributed by atoms with E-state index in [0.29, 0.717) is 0 Å². The van der Waals surface area contributed by atoms with Gasteiger partial charge >= 0.3 is 0 Å². The molecule has 1 rings (SSSR count). The molecule has 0 aromatic rings. The van der Waals surface area contributed by atoms with E-state index in [9.17, 15) is 0 Å². The van der Waals surface area contributed by atoms with Crippen LogP contribution in [0.5, 0.6) is 0 Å². The second-order valence-electron chi connectivity index (χ2n) is 5.04. The van der Waals surface area contributed by atoms with Crippen molar-refractivity contribution in [1.82, 2.24) is 10.2 Å². The number of hydrogen-bond donors (Lipinski definition) is 1. The first kappa shape index (κ1) is 24.0. The fourth-order valence-corrected chi connectivity index (χ4v) is 2.01. The van der Waals surface area contributed by atoms with Crippen molar-refractivity contribution < 1.29 is 0 Å². The molecule has 0 aromatic carbocycles. The number of nitrogens with zero attached hydrogens (tertiary/aromatic N) is 1. The molecule has 0 aliphatic carbocycles. The maximum absolute atomic E-state index is 3.35. The summed E-state index contributed by atoms with van der Waals surface area (Å²) < 4.78 is 0. The lowest BCUT2D eigenvalue weighted by atomic mass is 10.2. The molecule has 1 heterocycles. The van der Waals surface area contributed by atoms with E-state index in [4.69, 9.17) is 0 Å². The van der Waals surface area contributed by atoms with E-state index in [1.54, 1.807) is 0 Å². The van der Waals surface area contributed by atoms with Gasteiger partial charge in [-0.05, 0) is 39.2 Å². The molecule has 0 unspecified atom stereocenters. The zero-order valence-electron chi connectivity index (χ0n) is 16.4. The highest BCUT2D eigenvalue weighted by molar-refractivity contribution is 5.12. The minimum Gasteiger partial charge on any atom is -0.352 e. The fourth-order valence-electron chi connectivity index (χ4n) is 2.01. The summed E-state index contributed by atoms with van der Waals surface area (Å²) in [6.45, 7) is 15.7. The first-order valence-electron chi connectivity index (χ1n) is 9.37. The summed E-state index contributed by atoms with van der Waals surface area (Å²) in [7, 11) is 0. The van der Waals surface area contributed by atoms with Crippen LogP contribution in [0.3, 0.4) is 0 Å². The van der Waals surface area contributed by atoms with Crippen molar-refractivity contribution >= 4 is 0 Å². The van der Waals surface area contributed by atoms with Crippen LogP contribution in [0.2, 0.25) is 0 Å². The Bertz CT molecular complexity index is 338. The molecule has 2 nitrogen and oxygen atoms in total. The molecule has 0 amide bonds. The molecule has 1 aliphatic heterocycles. The summed E-state index contributed by atoms with van der Waals surface area (Å²) in [6, 6.07) is 0. The topological polar surface area (TPSA) is 15.3 Å². The molecule has 0 spiro atoms. The molecule has 0 radical (unpaired) electrons. The Hall–Kier alpha value is -1.28. The third kappa shape index (κ3) is 15.4. The Morgan fingerprint density at radius 2 is 1.87 bits per heavy atom. The number of unbranched alkanes of at least 4 members (excludes halogenated alkanes) is 1. The van der Waals surface area contributed by atoms with Gasteiger partial charge in [0.25, 0.3) is 0 Å². The molecule has 0 saturated carbocycles. The molecule has 0 aromatic heterocycles. The van der Waals surface area contributed by atoms with Crippen LogP contribution in [0, 0.1) is 0 Å². The zero-order valence-corrected chi connectivity index (χ0v) is 16.4. The van der Waals surface area contributed by atoms with Gasteiger partial charge in [-0.25, -0.2) is 0 Å². The molecule has 1 N–H and O–H groups in total. The molecule has 0 fully saturated rings. The van der Waals surface area contributed by atoms with Gasteiger partial charge in [0.2, 0.25) is 0 Å². The Balaban J connectivity index is 0. The third-order valence-corrected chi connectivity index (χ3v) is 3.20. The van der Waals surface area contributed by atoms with Crippen LogP contribution in [0.4, 0.5) is 0 Å². The third-order valence-electron chi connectivity index (χ3n) is 3.20. The first-order chi connectivity index (χ1) is 11.3. The predicted octanol–water partition coefficient (Wildman–Crippen LogP) is 6.05. The molecular formula is C21H40N2. The number of hydrogen-bond acceptors (Lipinski definition) is 2. The van der Waals surface area contributed by atoms with Crippen molar-refractivity contribution in [3.8, 4) is 0 Å². The first-order valence-corrected chi connectivity index (χ1v) is 9.37. The Morgan fingerprint density at radius 3 is 2.30 bits per heavy atom. The van der Waals surface area contributed by atoms with Gasteiger partial charge in [-0.3, -0.25) is 0 Å². The number of nitrogens with one attached hydrogen (secondary N) is 1. The molecule has 23 heavy (non-hydrogen) atoms. The fraction of sp³-hybridized carbons (Fsp3) is 0.619. The standard InChI is InChI=1S/C14H24N2.C5H10.C2H6/c1-3-5-7-13-16(12-6-4-2)14-8-10-15-11-9-14;1-3-5-4-2;1-2/h3,5,7-8,13,15H,4,6,9-12H2,1-2H3;3,5H,4H2,1-2H3;1-2H3/b5-3+,13-7+;5-3-;. The maximum atomic E-state index is 3.35. The Morgan fingerprint density at radius 1 is 1.13 bits per heavy atom. The summed E-state index contributed by atoms with van der Waals surface area (Å²) in [4.78, 5) is 2.39. The summed E-state index contributed by atoms with van der Waals surface area (Å²) in [6.07, 6.45) is 19.8. The molecule has 1 aliphatic rings. The normalized spacial score (nSPS) is 14.3. The van der Waals surface area contributed by atoms with E-state index in [0.717, 1.165) is 32.5 Å². The highest BCUT2D eigenvalue weighted by Crippen LogP contribution is 2.13. The van der Waals surface area contributed by atoms with Crippen molar-refractivity contribution in [2.24, 2.45) is 0 Å². The molecule has 0 bridgehead atoms. The average molecular weight is 321 g/mol. The van der Waals surface area contributed by atoms with Gasteiger partial charge in [0.05, 0.1) is 0 Å². The van der Waals surface area contributed by atoms with Crippen LogP contribution in [0.1, 0.15) is 67.2 Å². The van der Waals surface area contributed by atoms with Crippen LogP contribution in [0.15, 0.2) is 48.4 Å². The molecule has 2 heteroatoms. The lowest BCUT2D eigenvalue weighted by Crippen LogP contribution is -2.28. The second-order valence-corrected chi connectivity index (χ2v) is 5.04. The lowest BCUT2D eigenvalue weighted by Gasteiger charge is -2.26. The van der Waals surface area contributed by atoms with Crippen molar-refractivity contribution in [2.75, 3.05) is 19.6 Å². The van der Waals surface area contributed by atoms with Gasteiger partial charge in [0.1, 0.15) is 0 Å². The smallest absolute Gasteiger partial charge is 0.0222 e. The van der Waals surface area contributed by atoms with E-state index in [-0.39, 0.29) is 0 Å². The largest absolute Gasteiger partial charge is 0.352 e. The second kappa shape index (κ2) is 20.7. The van der Waals surface area contributed by atoms with Crippen LogP contribution in [-0.4, -0.2) is 24.5 Å². The van der Waals surface area contributed by atoms with Crippen molar-refractivity contribution in [1.29, 1.82) is 0 Å². The van der Waals surface area contributed by atoms with Crippen molar-refractivity contribution in [3.05, 3.63) is 48.4 Å². The van der Waals surface area contributed by atoms with Crippen molar-refractivity contribution in [2.45, 2.75) is 67.2 Å². The quantitative estimate of drug-likeness (QED) is 0.453. The van der Waals surface area contributed by atoms with Crippen LogP contribution < -0.4 is 5.32 Å². The highest BCUT2D eigenvalue weighted by atomic mass is 15.1. The van der Waals surface area contributed by atoms with Gasteiger partial charge in [-0.1, -0.05) is 64.5 Å².